The number of nitrogens with one attached hydrogen (secondary N) is 1. The van der Waals surface area contributed by atoms with Crippen molar-refractivity contribution in [2.45, 2.75) is 43.1 Å². The topological polar surface area (TPSA) is 92.4 Å². The SMILES string of the molecule is CC1CCC(O)(CNS(=O)(=O)c2ccc(Br)cc2N)CC1. The molecule has 5 nitrogen and oxygen atoms in total. The fourth-order valence-corrected chi connectivity index (χ4v) is 4.16. The van der Waals surface area contributed by atoms with E-state index >= 15 is 0 Å². The van der Waals surface area contributed by atoms with Crippen LogP contribution in [0.2, 0.25) is 0 Å². The molecule has 1 aliphatic carbocycles. The maximum Gasteiger partial charge on any atom is 0.242 e. The lowest BCUT2D eigenvalue weighted by Gasteiger charge is -2.34. The first-order valence-electron chi connectivity index (χ1n) is 6.99. The van der Waals surface area contributed by atoms with Crippen molar-refractivity contribution in [1.82, 2.24) is 4.72 Å². The van der Waals surface area contributed by atoms with Crippen LogP contribution in [0.25, 0.3) is 0 Å². The third-order valence-electron chi connectivity index (χ3n) is 4.06. The van der Waals surface area contributed by atoms with Gasteiger partial charge in [-0.05, 0) is 49.8 Å². The molecular weight excluding hydrogens is 356 g/mol. The smallest absolute Gasteiger partial charge is 0.242 e. The van der Waals surface area contributed by atoms with E-state index in [2.05, 4.69) is 27.6 Å². The van der Waals surface area contributed by atoms with Gasteiger partial charge in [0.05, 0.1) is 11.3 Å². The third-order valence-corrected chi connectivity index (χ3v) is 6.03. The van der Waals surface area contributed by atoms with Crippen LogP contribution in [-0.2, 0) is 10.0 Å². The van der Waals surface area contributed by atoms with E-state index < -0.39 is 15.6 Å². The Morgan fingerprint density at radius 2 is 2.05 bits per heavy atom. The van der Waals surface area contributed by atoms with E-state index in [9.17, 15) is 13.5 Å². The molecule has 0 heterocycles. The molecule has 1 saturated carbocycles. The molecule has 0 bridgehead atoms. The number of nitrogen functional groups attached to an aromatic ring is 1. The average Bonchev–Trinajstić information content (AvgIpc) is 2.40. The highest BCUT2D eigenvalue weighted by molar-refractivity contribution is 9.10. The van der Waals surface area contributed by atoms with E-state index in [-0.39, 0.29) is 17.1 Å². The van der Waals surface area contributed by atoms with Gasteiger partial charge in [-0.3, -0.25) is 0 Å². The normalized spacial score (nSPS) is 26.7. The lowest BCUT2D eigenvalue weighted by atomic mass is 9.80. The van der Waals surface area contributed by atoms with Gasteiger partial charge in [-0.25, -0.2) is 13.1 Å². The van der Waals surface area contributed by atoms with Crippen molar-refractivity contribution >= 4 is 31.6 Å². The Bertz CT molecular complexity index is 611. The van der Waals surface area contributed by atoms with Gasteiger partial charge >= 0.3 is 0 Å². The number of halogens is 1. The molecule has 0 amide bonds. The summed E-state index contributed by atoms with van der Waals surface area (Å²) in [6, 6.07) is 4.63. The van der Waals surface area contributed by atoms with Gasteiger partial charge in [0.2, 0.25) is 10.0 Å². The Morgan fingerprint density at radius 1 is 1.43 bits per heavy atom. The lowest BCUT2D eigenvalue weighted by Crippen LogP contribution is -2.45. The summed E-state index contributed by atoms with van der Waals surface area (Å²) in [7, 11) is -3.71. The van der Waals surface area contributed by atoms with Crippen molar-refractivity contribution in [3.63, 3.8) is 0 Å². The average molecular weight is 377 g/mol. The van der Waals surface area contributed by atoms with E-state index in [1.54, 1.807) is 12.1 Å². The van der Waals surface area contributed by atoms with Crippen LogP contribution >= 0.6 is 15.9 Å². The zero-order valence-corrected chi connectivity index (χ0v) is 14.4. The summed E-state index contributed by atoms with van der Waals surface area (Å²) >= 11 is 3.24. The second-order valence-electron chi connectivity index (χ2n) is 5.91. The molecule has 0 aromatic heterocycles. The zero-order valence-electron chi connectivity index (χ0n) is 12.0. The van der Waals surface area contributed by atoms with E-state index in [1.165, 1.54) is 6.07 Å². The molecule has 2 rings (SSSR count). The Hall–Kier alpha value is -0.630. The molecule has 0 saturated heterocycles. The molecule has 21 heavy (non-hydrogen) atoms. The highest BCUT2D eigenvalue weighted by atomic mass is 79.9. The molecule has 7 heteroatoms. The Labute approximate surface area is 134 Å². The van der Waals surface area contributed by atoms with Gasteiger partial charge in [-0.15, -0.1) is 0 Å². The van der Waals surface area contributed by atoms with E-state index in [0.29, 0.717) is 18.8 Å². The summed E-state index contributed by atoms with van der Waals surface area (Å²) in [5, 5.41) is 10.4. The van der Waals surface area contributed by atoms with Crippen molar-refractivity contribution in [2.24, 2.45) is 5.92 Å². The summed E-state index contributed by atoms with van der Waals surface area (Å²) in [6.07, 6.45) is 3.07. The predicted molar refractivity (Wildman–Crippen MR) is 86.3 cm³/mol. The highest BCUT2D eigenvalue weighted by Gasteiger charge is 2.33. The fourth-order valence-electron chi connectivity index (χ4n) is 2.55. The minimum absolute atomic E-state index is 0.0254. The molecule has 1 aromatic carbocycles. The van der Waals surface area contributed by atoms with Gasteiger partial charge in [-0.2, -0.15) is 0 Å². The van der Waals surface area contributed by atoms with Gasteiger partial charge < -0.3 is 10.8 Å². The second kappa shape index (κ2) is 6.24. The number of sulfonamides is 1. The molecule has 4 N–H and O–H groups in total. The number of nitrogens with two attached hydrogens (primary N) is 1. The molecule has 0 atom stereocenters. The van der Waals surface area contributed by atoms with Crippen LogP contribution < -0.4 is 10.5 Å². The van der Waals surface area contributed by atoms with Gasteiger partial charge in [0.15, 0.2) is 0 Å². The minimum atomic E-state index is -3.71. The Balaban J connectivity index is 2.08. The van der Waals surface area contributed by atoms with Crippen LogP contribution in [0.1, 0.15) is 32.6 Å². The maximum atomic E-state index is 12.3. The van der Waals surface area contributed by atoms with Crippen LogP contribution in [0.4, 0.5) is 5.69 Å². The molecule has 0 spiro atoms. The molecule has 1 aromatic rings. The molecule has 1 fully saturated rings. The van der Waals surface area contributed by atoms with Crippen LogP contribution in [0.15, 0.2) is 27.6 Å². The van der Waals surface area contributed by atoms with Crippen molar-refractivity contribution < 1.29 is 13.5 Å². The largest absolute Gasteiger partial charge is 0.398 e. The van der Waals surface area contributed by atoms with Gasteiger partial charge in [-0.1, -0.05) is 22.9 Å². The predicted octanol–water partition coefficient (Wildman–Crippen LogP) is 2.25. The van der Waals surface area contributed by atoms with Gasteiger partial charge in [0.25, 0.3) is 0 Å². The molecule has 0 unspecified atom stereocenters. The summed E-state index contributed by atoms with van der Waals surface area (Å²) in [5.41, 5.74) is 4.98. The van der Waals surface area contributed by atoms with Crippen LogP contribution in [0.5, 0.6) is 0 Å². The summed E-state index contributed by atoms with van der Waals surface area (Å²) in [4.78, 5) is 0.0403. The first kappa shape index (κ1) is 16.7. The number of benzene rings is 1. The summed E-state index contributed by atoms with van der Waals surface area (Å²) < 4.78 is 27.8. The zero-order chi connectivity index (χ0) is 15.7. The van der Waals surface area contributed by atoms with Crippen molar-refractivity contribution in [3.8, 4) is 0 Å². The van der Waals surface area contributed by atoms with E-state index in [0.717, 1.165) is 17.3 Å². The standard InChI is InChI=1S/C14H21BrN2O3S/c1-10-4-6-14(18,7-5-10)9-17-21(19,20)13-3-2-11(15)8-12(13)16/h2-3,8,10,17-18H,4-7,9,16H2,1H3. The minimum Gasteiger partial charge on any atom is -0.398 e. The van der Waals surface area contributed by atoms with Crippen LogP contribution in [-0.4, -0.2) is 25.7 Å². The molecule has 0 aliphatic heterocycles. The number of hydrogen-bond acceptors (Lipinski definition) is 4. The highest BCUT2D eigenvalue weighted by Crippen LogP contribution is 2.32. The number of hydrogen-bond donors (Lipinski definition) is 3. The summed E-state index contributed by atoms with van der Waals surface area (Å²) in [5.74, 6) is 0.587. The number of anilines is 1. The van der Waals surface area contributed by atoms with Crippen LogP contribution in [0, 0.1) is 5.92 Å². The van der Waals surface area contributed by atoms with Gasteiger partial charge in [0.1, 0.15) is 4.90 Å². The Morgan fingerprint density at radius 3 is 2.62 bits per heavy atom. The molecule has 118 valence electrons. The second-order valence-corrected chi connectivity index (χ2v) is 8.56. The van der Waals surface area contributed by atoms with E-state index in [1.807, 2.05) is 0 Å². The first-order chi connectivity index (χ1) is 9.72. The lowest BCUT2D eigenvalue weighted by molar-refractivity contribution is -0.00182. The first-order valence-corrected chi connectivity index (χ1v) is 9.27. The third kappa shape index (κ3) is 4.18. The quantitative estimate of drug-likeness (QED) is 0.702. The monoisotopic (exact) mass is 376 g/mol. The fraction of sp³-hybridized carbons (Fsp3) is 0.571. The number of rotatable bonds is 4. The van der Waals surface area contributed by atoms with Crippen molar-refractivity contribution in [1.29, 1.82) is 0 Å². The molecule has 1 aliphatic rings. The van der Waals surface area contributed by atoms with Crippen LogP contribution in [0.3, 0.4) is 0 Å². The Kier molecular flexibility index (Phi) is 4.97. The number of aliphatic hydroxyl groups is 1. The van der Waals surface area contributed by atoms with E-state index in [4.69, 9.17) is 5.73 Å². The van der Waals surface area contributed by atoms with Crippen molar-refractivity contribution in [3.05, 3.63) is 22.7 Å². The maximum absolute atomic E-state index is 12.3. The molecular formula is C14H21BrN2O3S. The summed E-state index contributed by atoms with van der Waals surface area (Å²) in [6.45, 7) is 2.17. The molecule has 0 radical (unpaired) electrons. The van der Waals surface area contributed by atoms with Crippen molar-refractivity contribution in [2.75, 3.05) is 12.3 Å². The van der Waals surface area contributed by atoms with Gasteiger partial charge in [0, 0.05) is 11.0 Å².